The lowest BCUT2D eigenvalue weighted by atomic mass is 10.1. The zero-order chi connectivity index (χ0) is 31.7. The highest BCUT2D eigenvalue weighted by atomic mass is 32.1. The predicted molar refractivity (Wildman–Crippen MR) is 193 cm³/mol. The average molecular weight is 669 g/mol. The van der Waals surface area contributed by atoms with E-state index in [-0.39, 0.29) is 0 Å². The van der Waals surface area contributed by atoms with Gasteiger partial charge in [0.1, 0.15) is 0 Å². The Bertz CT molecular complexity index is 1580. The lowest BCUT2D eigenvalue weighted by molar-refractivity contribution is 0.329. The summed E-state index contributed by atoms with van der Waals surface area (Å²) in [6, 6.07) is 20.2. The van der Waals surface area contributed by atoms with Crippen molar-refractivity contribution in [2.24, 2.45) is 0 Å². The van der Waals surface area contributed by atoms with Crippen LogP contribution in [0.15, 0.2) is 73.1 Å². The maximum absolute atomic E-state index is 13.4. The highest BCUT2D eigenvalue weighted by molar-refractivity contribution is 7.81. The average Bonchev–Trinajstić information content (AvgIpc) is 3.05. The Labute approximate surface area is 271 Å². The summed E-state index contributed by atoms with van der Waals surface area (Å²) in [5, 5.41) is 9.36. The number of aromatic nitrogens is 2. The first-order valence-corrected chi connectivity index (χ1v) is 20.1. The van der Waals surface area contributed by atoms with Crippen LogP contribution >= 0.6 is 39.0 Å². The third-order valence-electron chi connectivity index (χ3n) is 7.90. The van der Waals surface area contributed by atoms with Gasteiger partial charge in [-0.3, -0.25) is 9.97 Å². The van der Waals surface area contributed by atoms with Crippen LogP contribution in [-0.4, -0.2) is 67.7 Å². The van der Waals surface area contributed by atoms with Crippen LogP contribution < -0.4 is 10.2 Å². The third-order valence-corrected chi connectivity index (χ3v) is 14.2. The van der Waals surface area contributed by atoms with Gasteiger partial charge in [0, 0.05) is 74.0 Å². The van der Waals surface area contributed by atoms with Crippen molar-refractivity contribution >= 4 is 71.1 Å². The van der Waals surface area contributed by atoms with Crippen LogP contribution in [0.4, 0.5) is 0 Å². The van der Waals surface area contributed by atoms with Gasteiger partial charge >= 0.3 is 0 Å². The van der Waals surface area contributed by atoms with Gasteiger partial charge in [-0.15, -0.1) is 0 Å². The molecule has 234 valence electrons. The van der Waals surface area contributed by atoms with Crippen LogP contribution in [0.2, 0.25) is 0 Å². The summed E-state index contributed by atoms with van der Waals surface area (Å²) in [6.45, 7) is 9.59. The number of nitrogens with one attached hydrogen (secondary N) is 2. The van der Waals surface area contributed by atoms with E-state index in [1.54, 1.807) is 0 Å². The molecule has 0 fully saturated rings. The molecular weight excluding hydrogens is 626 g/mol. The number of thiocarbonyl (C=S) groups is 2. The van der Waals surface area contributed by atoms with E-state index in [0.717, 1.165) is 32.9 Å². The van der Waals surface area contributed by atoms with Crippen molar-refractivity contribution in [1.82, 2.24) is 29.9 Å². The maximum Gasteiger partial charge on any atom is 0.174 e. The molecule has 0 spiro atoms. The molecule has 0 aliphatic rings. The maximum atomic E-state index is 13.4. The molecule has 2 heterocycles. The molecule has 0 bridgehead atoms. The monoisotopic (exact) mass is 668 g/mol. The molecule has 0 saturated carbocycles. The SMILES string of the molecule is CCP(=O)(CC)NC(=S)N(CCN(Cc1cnc2ccccc2c1)C(=S)NP(=O)(CC)CC)Cc1cnc2ccccc2c1. The van der Waals surface area contributed by atoms with Crippen LogP contribution in [0, 0.1) is 0 Å². The van der Waals surface area contributed by atoms with E-state index in [4.69, 9.17) is 24.4 Å². The normalized spacial score (nSPS) is 11.8. The molecule has 0 radical (unpaired) electrons. The summed E-state index contributed by atoms with van der Waals surface area (Å²) < 4.78 is 26.8. The highest BCUT2D eigenvalue weighted by Gasteiger charge is 2.25. The molecule has 4 aromatic rings. The minimum atomic E-state index is -2.66. The first kappa shape index (κ1) is 34.0. The molecule has 4 rings (SSSR count). The van der Waals surface area contributed by atoms with Gasteiger partial charge in [0.2, 0.25) is 0 Å². The summed E-state index contributed by atoms with van der Waals surface area (Å²) in [5.74, 6) is 0. The standard InChI is InChI=1S/C32H42N6O2P2S2/c1-5-41(39,6-2)35-31(43)37(23-25-19-27-13-9-11-15-29(27)33-21-25)17-18-38(32(44)36-42(40,7-3)8-4)24-26-20-28-14-10-12-16-30(28)34-22-26/h9-16,19-22H,5-8,17-18,23-24H2,1-4H3,(H,35,39,43)(H,36,40,44). The second kappa shape index (κ2) is 15.4. The Hall–Kier alpha value is -2.90. The van der Waals surface area contributed by atoms with E-state index in [9.17, 15) is 9.13 Å². The number of hydrogen-bond donors (Lipinski definition) is 2. The van der Waals surface area contributed by atoms with Gasteiger partial charge in [-0.05, 0) is 59.8 Å². The van der Waals surface area contributed by atoms with Gasteiger partial charge < -0.3 is 29.1 Å². The van der Waals surface area contributed by atoms with E-state index < -0.39 is 14.6 Å². The largest absolute Gasteiger partial charge is 0.343 e. The molecule has 2 aromatic carbocycles. The molecule has 0 unspecified atom stereocenters. The van der Waals surface area contributed by atoms with Crippen molar-refractivity contribution in [1.29, 1.82) is 0 Å². The van der Waals surface area contributed by atoms with Crippen molar-refractivity contribution in [3.8, 4) is 0 Å². The summed E-state index contributed by atoms with van der Waals surface area (Å²) in [7, 11) is -5.32. The fourth-order valence-electron chi connectivity index (χ4n) is 4.85. The second-order valence-corrected chi connectivity index (χ2v) is 18.1. The number of hydrogen-bond acceptors (Lipinski definition) is 6. The molecule has 0 amide bonds. The molecule has 0 saturated heterocycles. The Balaban J connectivity index is 1.62. The van der Waals surface area contributed by atoms with Crippen molar-refractivity contribution in [3.63, 3.8) is 0 Å². The zero-order valence-corrected chi connectivity index (χ0v) is 29.3. The van der Waals surface area contributed by atoms with Crippen LogP contribution in [0.25, 0.3) is 21.8 Å². The Kier molecular flexibility index (Phi) is 11.9. The number of nitrogens with zero attached hydrogens (tertiary/aromatic N) is 4. The zero-order valence-electron chi connectivity index (χ0n) is 25.9. The van der Waals surface area contributed by atoms with Gasteiger partial charge in [0.05, 0.1) is 11.0 Å². The molecular formula is C32H42N6O2P2S2. The number of fused-ring (bicyclic) bond motifs is 2. The number of pyridine rings is 2. The van der Waals surface area contributed by atoms with Gasteiger partial charge in [0.25, 0.3) is 0 Å². The van der Waals surface area contributed by atoms with Crippen molar-refractivity contribution in [2.45, 2.75) is 40.8 Å². The molecule has 0 atom stereocenters. The third kappa shape index (κ3) is 8.85. The Morgan fingerprint density at radius 1 is 0.659 bits per heavy atom. The van der Waals surface area contributed by atoms with Gasteiger partial charge in [-0.25, -0.2) is 0 Å². The molecule has 0 aliphatic heterocycles. The Morgan fingerprint density at radius 3 is 1.39 bits per heavy atom. The van der Waals surface area contributed by atoms with Crippen molar-refractivity contribution in [3.05, 3.63) is 84.2 Å². The van der Waals surface area contributed by atoms with Crippen molar-refractivity contribution in [2.75, 3.05) is 37.7 Å². The summed E-state index contributed by atoms with van der Waals surface area (Å²) in [6.07, 6.45) is 5.75. The molecule has 12 heteroatoms. The second-order valence-electron chi connectivity index (χ2n) is 10.8. The summed E-state index contributed by atoms with van der Waals surface area (Å²) >= 11 is 11.8. The lowest BCUT2D eigenvalue weighted by Crippen LogP contribution is -2.46. The van der Waals surface area contributed by atoms with Crippen LogP contribution in [0.1, 0.15) is 38.8 Å². The number of rotatable bonds is 13. The first-order valence-electron chi connectivity index (χ1n) is 15.1. The highest BCUT2D eigenvalue weighted by Crippen LogP contribution is 2.40. The van der Waals surface area contributed by atoms with Crippen LogP contribution in [0.3, 0.4) is 0 Å². The van der Waals surface area contributed by atoms with Gasteiger partial charge in [-0.1, -0.05) is 64.1 Å². The quantitative estimate of drug-likeness (QED) is 0.110. The summed E-state index contributed by atoms with van der Waals surface area (Å²) in [4.78, 5) is 13.3. The minimum Gasteiger partial charge on any atom is -0.343 e. The fraction of sp³-hybridized carbons (Fsp3) is 0.375. The lowest BCUT2D eigenvalue weighted by Gasteiger charge is -2.33. The first-order chi connectivity index (χ1) is 21.1. The topological polar surface area (TPSA) is 90.5 Å². The minimum absolute atomic E-state index is 0.434. The molecule has 8 nitrogen and oxygen atoms in total. The van der Waals surface area contributed by atoms with Crippen LogP contribution in [-0.2, 0) is 22.2 Å². The van der Waals surface area contributed by atoms with Gasteiger partial charge in [-0.2, -0.15) is 0 Å². The van der Waals surface area contributed by atoms with Crippen molar-refractivity contribution < 1.29 is 9.13 Å². The van der Waals surface area contributed by atoms with Crippen LogP contribution in [0.5, 0.6) is 0 Å². The van der Waals surface area contributed by atoms with E-state index in [1.165, 1.54) is 0 Å². The Morgan fingerprint density at radius 2 is 1.02 bits per heavy atom. The fourth-order valence-corrected chi connectivity index (χ4v) is 8.66. The van der Waals surface area contributed by atoms with E-state index in [1.807, 2.05) is 98.4 Å². The molecule has 2 aromatic heterocycles. The number of benzene rings is 2. The molecule has 2 N–H and O–H groups in total. The molecule has 44 heavy (non-hydrogen) atoms. The smallest absolute Gasteiger partial charge is 0.174 e. The van der Waals surface area contributed by atoms with Gasteiger partial charge in [0.15, 0.2) is 24.8 Å². The van der Waals surface area contributed by atoms with E-state index >= 15 is 0 Å². The van der Waals surface area contributed by atoms with E-state index in [2.05, 4.69) is 32.3 Å². The predicted octanol–water partition coefficient (Wildman–Crippen LogP) is 7.47. The van der Waals surface area contributed by atoms with E-state index in [0.29, 0.717) is 61.1 Å². The number of para-hydroxylation sites is 2. The summed E-state index contributed by atoms with van der Waals surface area (Å²) in [5.41, 5.74) is 3.83. The molecule has 0 aliphatic carbocycles.